The van der Waals surface area contributed by atoms with E-state index in [1.54, 1.807) is 12.3 Å². The van der Waals surface area contributed by atoms with Crippen LogP contribution in [-0.4, -0.2) is 27.1 Å². The van der Waals surface area contributed by atoms with Crippen LogP contribution >= 0.6 is 0 Å². The molecule has 1 rings (SSSR count). The van der Waals surface area contributed by atoms with E-state index in [0.29, 0.717) is 5.95 Å². The van der Waals surface area contributed by atoms with Crippen LogP contribution in [0.4, 0.5) is 5.95 Å². The third-order valence-electron chi connectivity index (χ3n) is 2.01. The Morgan fingerprint density at radius 2 is 2.20 bits per heavy atom. The van der Waals surface area contributed by atoms with Gasteiger partial charge in [-0.2, -0.15) is 0 Å². The van der Waals surface area contributed by atoms with Gasteiger partial charge in [-0.05, 0) is 18.9 Å². The SMILES string of the molecule is Cc1ccnc(N[C@@H](C(=O)O)C(C)C)n1. The molecule has 0 radical (unpaired) electrons. The van der Waals surface area contributed by atoms with Crippen LogP contribution in [0.25, 0.3) is 0 Å². The van der Waals surface area contributed by atoms with E-state index in [1.807, 2.05) is 20.8 Å². The Bertz CT molecular complexity index is 352. The zero-order chi connectivity index (χ0) is 11.4. The van der Waals surface area contributed by atoms with Gasteiger partial charge in [-0.25, -0.2) is 14.8 Å². The van der Waals surface area contributed by atoms with Crippen LogP contribution in [-0.2, 0) is 4.79 Å². The van der Waals surface area contributed by atoms with Gasteiger partial charge < -0.3 is 10.4 Å². The predicted molar refractivity (Wildman–Crippen MR) is 56.7 cm³/mol. The summed E-state index contributed by atoms with van der Waals surface area (Å²) >= 11 is 0. The molecule has 0 amide bonds. The summed E-state index contributed by atoms with van der Waals surface area (Å²) in [7, 11) is 0. The number of anilines is 1. The van der Waals surface area contributed by atoms with Gasteiger partial charge in [-0.1, -0.05) is 13.8 Å². The molecule has 0 bridgehead atoms. The van der Waals surface area contributed by atoms with Gasteiger partial charge >= 0.3 is 5.97 Å². The fourth-order valence-corrected chi connectivity index (χ4v) is 1.17. The highest BCUT2D eigenvalue weighted by atomic mass is 16.4. The van der Waals surface area contributed by atoms with Crippen molar-refractivity contribution in [2.75, 3.05) is 5.32 Å². The Morgan fingerprint density at radius 1 is 1.53 bits per heavy atom. The van der Waals surface area contributed by atoms with Gasteiger partial charge in [0.1, 0.15) is 6.04 Å². The van der Waals surface area contributed by atoms with E-state index in [1.165, 1.54) is 0 Å². The molecular formula is C10H15N3O2. The molecule has 2 N–H and O–H groups in total. The first kappa shape index (κ1) is 11.4. The lowest BCUT2D eigenvalue weighted by Gasteiger charge is -2.17. The minimum atomic E-state index is -0.893. The van der Waals surface area contributed by atoms with Crippen molar-refractivity contribution in [1.82, 2.24) is 9.97 Å². The molecule has 1 aromatic rings. The van der Waals surface area contributed by atoms with Crippen LogP contribution in [0.15, 0.2) is 12.3 Å². The highest BCUT2D eigenvalue weighted by Crippen LogP contribution is 2.08. The van der Waals surface area contributed by atoms with Crippen molar-refractivity contribution in [2.45, 2.75) is 26.8 Å². The number of aromatic nitrogens is 2. The molecule has 1 aromatic heterocycles. The van der Waals surface area contributed by atoms with Crippen molar-refractivity contribution in [3.05, 3.63) is 18.0 Å². The van der Waals surface area contributed by atoms with Crippen LogP contribution in [0.3, 0.4) is 0 Å². The maximum absolute atomic E-state index is 10.9. The van der Waals surface area contributed by atoms with Crippen molar-refractivity contribution >= 4 is 11.9 Å². The lowest BCUT2D eigenvalue weighted by Crippen LogP contribution is -2.34. The largest absolute Gasteiger partial charge is 0.480 e. The Hall–Kier alpha value is -1.65. The van der Waals surface area contributed by atoms with E-state index in [-0.39, 0.29) is 5.92 Å². The summed E-state index contributed by atoms with van der Waals surface area (Å²) in [6.07, 6.45) is 1.60. The fraction of sp³-hybridized carbons (Fsp3) is 0.500. The molecule has 0 aliphatic heterocycles. The average Bonchev–Trinajstić information content (AvgIpc) is 2.13. The first-order chi connectivity index (χ1) is 7.00. The maximum Gasteiger partial charge on any atom is 0.326 e. The van der Waals surface area contributed by atoms with Gasteiger partial charge in [0.2, 0.25) is 5.95 Å². The molecular weight excluding hydrogens is 194 g/mol. The third kappa shape index (κ3) is 3.19. The quantitative estimate of drug-likeness (QED) is 0.781. The van der Waals surface area contributed by atoms with Crippen molar-refractivity contribution in [3.8, 4) is 0 Å². The van der Waals surface area contributed by atoms with Crippen LogP contribution in [0, 0.1) is 12.8 Å². The van der Waals surface area contributed by atoms with E-state index < -0.39 is 12.0 Å². The number of carbonyl (C=O) groups is 1. The molecule has 0 spiro atoms. The molecule has 0 aliphatic carbocycles. The number of hydrogen-bond donors (Lipinski definition) is 2. The first-order valence-corrected chi connectivity index (χ1v) is 4.79. The van der Waals surface area contributed by atoms with E-state index in [4.69, 9.17) is 5.11 Å². The van der Waals surface area contributed by atoms with E-state index in [9.17, 15) is 4.79 Å². The second-order valence-electron chi connectivity index (χ2n) is 3.73. The van der Waals surface area contributed by atoms with Crippen LogP contribution in [0.2, 0.25) is 0 Å². The zero-order valence-electron chi connectivity index (χ0n) is 9.06. The standard InChI is InChI=1S/C10H15N3O2/c1-6(2)8(9(14)15)13-10-11-5-4-7(3)12-10/h4-6,8H,1-3H3,(H,14,15)(H,11,12,13)/t8-/m1/s1. The highest BCUT2D eigenvalue weighted by Gasteiger charge is 2.21. The number of hydrogen-bond acceptors (Lipinski definition) is 4. The molecule has 5 nitrogen and oxygen atoms in total. The molecule has 0 fully saturated rings. The lowest BCUT2D eigenvalue weighted by molar-refractivity contribution is -0.138. The van der Waals surface area contributed by atoms with Crippen LogP contribution < -0.4 is 5.32 Å². The van der Waals surface area contributed by atoms with Gasteiger partial charge in [-0.15, -0.1) is 0 Å². The molecule has 0 saturated carbocycles. The molecule has 5 heteroatoms. The van der Waals surface area contributed by atoms with E-state index in [0.717, 1.165) is 5.69 Å². The maximum atomic E-state index is 10.9. The van der Waals surface area contributed by atoms with Gasteiger partial charge in [0.25, 0.3) is 0 Å². The molecule has 1 atom stereocenters. The van der Waals surface area contributed by atoms with Crippen LogP contribution in [0.1, 0.15) is 19.5 Å². The number of aryl methyl sites for hydroxylation is 1. The topological polar surface area (TPSA) is 75.1 Å². The molecule has 82 valence electrons. The number of aliphatic carboxylic acids is 1. The summed E-state index contributed by atoms with van der Waals surface area (Å²) in [5.74, 6) is -0.558. The zero-order valence-corrected chi connectivity index (χ0v) is 9.06. The molecule has 0 saturated heterocycles. The molecule has 0 aromatic carbocycles. The minimum Gasteiger partial charge on any atom is -0.480 e. The van der Waals surface area contributed by atoms with Crippen LogP contribution in [0.5, 0.6) is 0 Å². The second-order valence-corrected chi connectivity index (χ2v) is 3.73. The Balaban J connectivity index is 2.79. The third-order valence-corrected chi connectivity index (χ3v) is 2.01. The van der Waals surface area contributed by atoms with Crippen molar-refractivity contribution < 1.29 is 9.90 Å². The summed E-state index contributed by atoms with van der Waals surface area (Å²) in [5, 5.41) is 11.8. The Kier molecular flexibility index (Phi) is 3.60. The highest BCUT2D eigenvalue weighted by molar-refractivity contribution is 5.76. The predicted octanol–water partition coefficient (Wildman–Crippen LogP) is 1.31. The first-order valence-electron chi connectivity index (χ1n) is 4.79. The average molecular weight is 209 g/mol. The second kappa shape index (κ2) is 4.72. The molecule has 1 heterocycles. The number of carboxylic acid groups (broad SMARTS) is 1. The minimum absolute atomic E-state index is 0.0217. The lowest BCUT2D eigenvalue weighted by atomic mass is 10.1. The molecule has 0 aliphatic rings. The van der Waals surface area contributed by atoms with E-state index in [2.05, 4.69) is 15.3 Å². The molecule has 15 heavy (non-hydrogen) atoms. The normalized spacial score (nSPS) is 12.5. The number of nitrogens with zero attached hydrogens (tertiary/aromatic N) is 2. The van der Waals surface area contributed by atoms with E-state index >= 15 is 0 Å². The Labute approximate surface area is 88.6 Å². The van der Waals surface area contributed by atoms with Gasteiger partial charge in [0.15, 0.2) is 0 Å². The smallest absolute Gasteiger partial charge is 0.326 e. The van der Waals surface area contributed by atoms with Gasteiger partial charge in [0.05, 0.1) is 0 Å². The van der Waals surface area contributed by atoms with Gasteiger partial charge in [-0.3, -0.25) is 0 Å². The van der Waals surface area contributed by atoms with Crippen molar-refractivity contribution in [3.63, 3.8) is 0 Å². The monoisotopic (exact) mass is 209 g/mol. The van der Waals surface area contributed by atoms with Crippen molar-refractivity contribution in [1.29, 1.82) is 0 Å². The van der Waals surface area contributed by atoms with Gasteiger partial charge in [0, 0.05) is 11.9 Å². The molecule has 0 unspecified atom stereocenters. The van der Waals surface area contributed by atoms with Crippen molar-refractivity contribution in [2.24, 2.45) is 5.92 Å². The summed E-state index contributed by atoms with van der Waals surface area (Å²) < 4.78 is 0. The number of carboxylic acids is 1. The Morgan fingerprint density at radius 3 is 2.67 bits per heavy atom. The number of rotatable bonds is 4. The fourth-order valence-electron chi connectivity index (χ4n) is 1.17. The summed E-state index contributed by atoms with van der Waals surface area (Å²) in [5.41, 5.74) is 0.806. The summed E-state index contributed by atoms with van der Waals surface area (Å²) in [6.45, 7) is 5.50. The summed E-state index contributed by atoms with van der Waals surface area (Å²) in [4.78, 5) is 19.0. The number of nitrogens with one attached hydrogen (secondary N) is 1. The summed E-state index contributed by atoms with van der Waals surface area (Å²) in [6, 6.07) is 1.10.